The van der Waals surface area contributed by atoms with Crippen molar-refractivity contribution in [2.75, 3.05) is 35.0 Å². The van der Waals surface area contributed by atoms with Gasteiger partial charge >= 0.3 is 0 Å². The molecule has 3 aromatic carbocycles. The summed E-state index contributed by atoms with van der Waals surface area (Å²) >= 11 is 0. The van der Waals surface area contributed by atoms with Crippen LogP contribution in [0.3, 0.4) is 0 Å². The number of hydrogen-bond acceptors (Lipinski definition) is 7. The van der Waals surface area contributed by atoms with Crippen molar-refractivity contribution < 1.29 is 28.1 Å². The highest BCUT2D eigenvalue weighted by Crippen LogP contribution is 2.34. The zero-order valence-electron chi connectivity index (χ0n) is 19.9. The summed E-state index contributed by atoms with van der Waals surface area (Å²) in [7, 11) is 6.43. The highest BCUT2D eigenvalue weighted by atomic mass is 16.5. The molecule has 0 aliphatic rings. The minimum absolute atomic E-state index is 0.558. The van der Waals surface area contributed by atoms with Crippen LogP contribution in [0.4, 0.5) is 5.69 Å². The summed E-state index contributed by atoms with van der Waals surface area (Å²) in [5, 5.41) is 1.50. The lowest BCUT2D eigenvalue weighted by molar-refractivity contribution is 0.340. The molecule has 4 rings (SSSR count). The van der Waals surface area contributed by atoms with E-state index in [1.165, 1.54) is 0 Å². The fraction of sp³-hybridized carbons (Fsp3) is 0.222. The molecule has 7 heteroatoms. The molecule has 0 unspecified atom stereocenters. The molecule has 0 saturated carbocycles. The second-order valence-electron chi connectivity index (χ2n) is 7.31. The van der Waals surface area contributed by atoms with Crippen LogP contribution in [0.1, 0.15) is 6.92 Å². The number of rotatable bonds is 8. The van der Waals surface area contributed by atoms with Crippen LogP contribution in [0.5, 0.6) is 28.7 Å². The van der Waals surface area contributed by atoms with E-state index in [2.05, 4.69) is 0 Å². The monoisotopic (exact) mass is 461 g/mol. The van der Waals surface area contributed by atoms with Crippen molar-refractivity contribution in [2.24, 2.45) is 4.99 Å². The van der Waals surface area contributed by atoms with Crippen LogP contribution in [0.15, 0.2) is 70.1 Å². The summed E-state index contributed by atoms with van der Waals surface area (Å²) in [6.07, 6.45) is 0. The van der Waals surface area contributed by atoms with Crippen LogP contribution in [-0.2, 0) is 0 Å². The van der Waals surface area contributed by atoms with E-state index in [0.717, 1.165) is 16.7 Å². The number of nitrogens with zero attached hydrogens (tertiary/aromatic N) is 1. The van der Waals surface area contributed by atoms with E-state index < -0.39 is 0 Å². The predicted molar refractivity (Wildman–Crippen MR) is 131 cm³/mol. The normalized spacial score (nSPS) is 11.4. The maximum atomic E-state index is 6.27. The van der Waals surface area contributed by atoms with Crippen LogP contribution in [0, 0.1) is 0 Å². The Morgan fingerprint density at radius 2 is 1.44 bits per heavy atom. The van der Waals surface area contributed by atoms with Gasteiger partial charge in [0.1, 0.15) is 34.3 Å². The third kappa shape index (κ3) is 4.64. The van der Waals surface area contributed by atoms with Crippen LogP contribution in [0.25, 0.3) is 22.3 Å². The van der Waals surface area contributed by atoms with E-state index >= 15 is 0 Å². The van der Waals surface area contributed by atoms with Crippen LogP contribution in [-0.4, -0.2) is 35.0 Å². The van der Waals surface area contributed by atoms with E-state index in [9.17, 15) is 0 Å². The van der Waals surface area contributed by atoms with Crippen molar-refractivity contribution in [3.05, 3.63) is 66.0 Å². The van der Waals surface area contributed by atoms with Gasteiger partial charge in [0.15, 0.2) is 11.5 Å². The van der Waals surface area contributed by atoms with Gasteiger partial charge in [-0.2, -0.15) is 0 Å². The molecule has 0 spiro atoms. The van der Waals surface area contributed by atoms with E-state index in [1.54, 1.807) is 28.4 Å². The summed E-state index contributed by atoms with van der Waals surface area (Å²) in [4.78, 5) is 4.94. The van der Waals surface area contributed by atoms with Crippen molar-refractivity contribution in [3.8, 4) is 40.1 Å². The molecule has 0 aliphatic carbocycles. The lowest BCUT2D eigenvalue weighted by Gasteiger charge is -2.11. The molecule has 0 N–H and O–H groups in total. The Morgan fingerprint density at radius 3 is 2.15 bits per heavy atom. The molecule has 0 atom stereocenters. The van der Waals surface area contributed by atoms with Gasteiger partial charge in [-0.15, -0.1) is 0 Å². The Labute approximate surface area is 198 Å². The molecule has 7 nitrogen and oxygen atoms in total. The largest absolute Gasteiger partial charge is 0.497 e. The van der Waals surface area contributed by atoms with E-state index in [-0.39, 0.29) is 0 Å². The van der Waals surface area contributed by atoms with Gasteiger partial charge in [-0.1, -0.05) is 0 Å². The molecule has 176 valence electrons. The quantitative estimate of drug-likeness (QED) is 0.332. The minimum Gasteiger partial charge on any atom is -0.497 e. The maximum Gasteiger partial charge on any atom is 0.161 e. The van der Waals surface area contributed by atoms with Crippen molar-refractivity contribution in [1.82, 2.24) is 0 Å². The van der Waals surface area contributed by atoms with Gasteiger partial charge in [0.05, 0.1) is 40.4 Å². The standard InChI is InChI=1S/C27H27NO6/c1-6-33-19-9-11-23-20(14-19)21(28-22-15-18(29-2)8-12-24(22)30-3)16-26(34-23)17-7-10-25(31-4)27(13-17)32-5/h7-16H,6H2,1-5H3. The van der Waals surface area contributed by atoms with Crippen molar-refractivity contribution in [3.63, 3.8) is 0 Å². The Morgan fingerprint density at radius 1 is 0.706 bits per heavy atom. The molecule has 0 radical (unpaired) electrons. The van der Waals surface area contributed by atoms with Crippen LogP contribution in [0.2, 0.25) is 0 Å². The van der Waals surface area contributed by atoms with E-state index in [0.29, 0.717) is 52.0 Å². The average Bonchev–Trinajstić information content (AvgIpc) is 2.88. The maximum absolute atomic E-state index is 6.27. The van der Waals surface area contributed by atoms with Gasteiger partial charge in [0.2, 0.25) is 0 Å². The Hall–Kier alpha value is -4.13. The van der Waals surface area contributed by atoms with Gasteiger partial charge in [0.25, 0.3) is 0 Å². The number of hydrogen-bond donors (Lipinski definition) is 0. The summed E-state index contributed by atoms with van der Waals surface area (Å²) in [6.45, 7) is 2.50. The lowest BCUT2D eigenvalue weighted by Crippen LogP contribution is -2.04. The molecule has 1 heterocycles. The van der Waals surface area contributed by atoms with Gasteiger partial charge in [-0.3, -0.25) is 0 Å². The van der Waals surface area contributed by atoms with Crippen LogP contribution >= 0.6 is 0 Å². The molecule has 34 heavy (non-hydrogen) atoms. The van der Waals surface area contributed by atoms with Gasteiger partial charge in [-0.05, 0) is 55.5 Å². The summed E-state index contributed by atoms with van der Waals surface area (Å²) in [5.74, 6) is 3.91. The molecule has 0 amide bonds. The van der Waals surface area contributed by atoms with Gasteiger partial charge in [-0.25, -0.2) is 4.99 Å². The number of benzene rings is 3. The lowest BCUT2D eigenvalue weighted by atomic mass is 10.1. The molecule has 0 aliphatic heterocycles. The van der Waals surface area contributed by atoms with Crippen molar-refractivity contribution in [2.45, 2.75) is 6.92 Å². The van der Waals surface area contributed by atoms with Crippen LogP contribution < -0.4 is 29.0 Å². The fourth-order valence-electron chi connectivity index (χ4n) is 3.64. The first-order chi connectivity index (χ1) is 16.6. The molecule has 1 aromatic heterocycles. The number of fused-ring (bicyclic) bond motifs is 1. The number of ether oxygens (including phenoxy) is 5. The highest BCUT2D eigenvalue weighted by molar-refractivity contribution is 5.80. The summed E-state index contributed by atoms with van der Waals surface area (Å²) in [6, 6.07) is 18.7. The third-order valence-electron chi connectivity index (χ3n) is 5.32. The second-order valence-corrected chi connectivity index (χ2v) is 7.31. The Kier molecular flexibility index (Phi) is 6.92. The minimum atomic E-state index is 0.558. The predicted octanol–water partition coefficient (Wildman–Crippen LogP) is 5.77. The van der Waals surface area contributed by atoms with E-state index in [4.69, 9.17) is 33.1 Å². The van der Waals surface area contributed by atoms with Crippen molar-refractivity contribution >= 4 is 16.7 Å². The third-order valence-corrected chi connectivity index (χ3v) is 5.32. The molecule has 4 aromatic rings. The molecular formula is C27H27NO6. The van der Waals surface area contributed by atoms with Crippen molar-refractivity contribution in [1.29, 1.82) is 0 Å². The summed E-state index contributed by atoms with van der Waals surface area (Å²) < 4.78 is 33.7. The zero-order valence-corrected chi connectivity index (χ0v) is 19.9. The first kappa shape index (κ1) is 23.0. The topological polar surface area (TPSA) is 71.7 Å². The number of methoxy groups -OCH3 is 4. The zero-order chi connectivity index (χ0) is 24.1. The molecule has 0 bridgehead atoms. The first-order valence-electron chi connectivity index (χ1n) is 10.8. The fourth-order valence-corrected chi connectivity index (χ4v) is 3.64. The molecule has 0 fully saturated rings. The molecular weight excluding hydrogens is 434 g/mol. The smallest absolute Gasteiger partial charge is 0.161 e. The first-order valence-corrected chi connectivity index (χ1v) is 10.8. The van der Waals surface area contributed by atoms with Gasteiger partial charge in [0, 0.05) is 23.1 Å². The van der Waals surface area contributed by atoms with E-state index in [1.807, 2.05) is 67.6 Å². The Bertz CT molecular complexity index is 1380. The Balaban J connectivity index is 1.99. The summed E-state index contributed by atoms with van der Waals surface area (Å²) in [5.41, 5.74) is 2.12. The van der Waals surface area contributed by atoms with Gasteiger partial charge < -0.3 is 28.1 Å². The SMILES string of the molecule is CCOc1ccc2oc(-c3ccc(OC)c(OC)c3)cc(=Nc3cc(OC)ccc3OC)c2c1. The average molecular weight is 462 g/mol. The second kappa shape index (κ2) is 10.2. The highest BCUT2D eigenvalue weighted by Gasteiger charge is 2.12. The molecule has 0 saturated heterocycles.